The molecule has 0 aliphatic carbocycles. The van der Waals surface area contributed by atoms with Gasteiger partial charge in [-0.05, 0) is 43.5 Å². The number of aromatic nitrogens is 2. The first-order chi connectivity index (χ1) is 12.8. The van der Waals surface area contributed by atoms with Crippen molar-refractivity contribution < 1.29 is 0 Å². The molecule has 0 fully saturated rings. The minimum absolute atomic E-state index is 0.0599. The fraction of sp³-hybridized carbons (Fsp3) is 0.238. The summed E-state index contributed by atoms with van der Waals surface area (Å²) in [6, 6.07) is 19.5. The van der Waals surface area contributed by atoms with Crippen LogP contribution in [0.3, 0.4) is 0 Å². The summed E-state index contributed by atoms with van der Waals surface area (Å²) in [5.74, 6) is 0.700. The van der Waals surface area contributed by atoms with Crippen LogP contribution in [0.2, 0.25) is 0 Å². The second-order valence-electron chi connectivity index (χ2n) is 6.47. The van der Waals surface area contributed by atoms with Crippen molar-refractivity contribution in [2.45, 2.75) is 25.7 Å². The Bertz CT molecular complexity index is 955. The fourth-order valence-corrected chi connectivity index (χ4v) is 3.30. The van der Waals surface area contributed by atoms with Crippen molar-refractivity contribution in [1.82, 2.24) is 9.78 Å². The highest BCUT2D eigenvalue weighted by atomic mass is 16.1. The van der Waals surface area contributed by atoms with Crippen LogP contribution in [0.1, 0.15) is 31.2 Å². The van der Waals surface area contributed by atoms with Gasteiger partial charge >= 0.3 is 0 Å². The van der Waals surface area contributed by atoms with Crippen molar-refractivity contribution in [3.05, 3.63) is 76.6 Å². The second kappa shape index (κ2) is 7.44. The van der Waals surface area contributed by atoms with E-state index in [1.807, 2.05) is 60.7 Å². The molecule has 1 aromatic heterocycles. The number of rotatable bonds is 4. The van der Waals surface area contributed by atoms with Crippen molar-refractivity contribution in [3.8, 4) is 5.69 Å². The number of hydrogen-bond donors (Lipinski definition) is 2. The van der Waals surface area contributed by atoms with Gasteiger partial charge in [-0.15, -0.1) is 0 Å². The lowest BCUT2D eigenvalue weighted by atomic mass is 10.1. The molecular weight excluding hydrogens is 324 g/mol. The van der Waals surface area contributed by atoms with Crippen molar-refractivity contribution in [1.29, 1.82) is 0 Å². The number of para-hydroxylation sites is 2. The monoisotopic (exact) mass is 346 g/mol. The first-order valence-electron chi connectivity index (χ1n) is 9.09. The van der Waals surface area contributed by atoms with Gasteiger partial charge in [0.15, 0.2) is 0 Å². The zero-order valence-corrected chi connectivity index (χ0v) is 14.6. The highest BCUT2D eigenvalue weighted by Crippen LogP contribution is 2.22. The molecule has 0 radical (unpaired) electrons. The van der Waals surface area contributed by atoms with Crippen LogP contribution < -0.4 is 10.9 Å². The SMILES string of the molecule is O=c1c(C2=NCCCCC2)c(Nc2ccccc2)[nH]n1-c1ccccc1. The molecule has 26 heavy (non-hydrogen) atoms. The Kier molecular flexibility index (Phi) is 4.69. The Hall–Kier alpha value is -3.08. The number of H-pyrrole nitrogens is 1. The third-order valence-electron chi connectivity index (χ3n) is 4.61. The fourth-order valence-electron chi connectivity index (χ4n) is 3.30. The molecule has 0 unspecified atom stereocenters. The summed E-state index contributed by atoms with van der Waals surface area (Å²) < 4.78 is 1.59. The van der Waals surface area contributed by atoms with Gasteiger partial charge in [0.1, 0.15) is 11.4 Å². The highest BCUT2D eigenvalue weighted by molar-refractivity contribution is 6.04. The van der Waals surface area contributed by atoms with Crippen molar-refractivity contribution in [2.24, 2.45) is 4.99 Å². The lowest BCUT2D eigenvalue weighted by Crippen LogP contribution is -2.20. The van der Waals surface area contributed by atoms with E-state index in [4.69, 9.17) is 4.99 Å². The Morgan fingerprint density at radius 3 is 2.42 bits per heavy atom. The Morgan fingerprint density at radius 1 is 0.923 bits per heavy atom. The average molecular weight is 346 g/mol. The molecule has 0 atom stereocenters. The lowest BCUT2D eigenvalue weighted by Gasteiger charge is -2.07. The molecule has 0 bridgehead atoms. The van der Waals surface area contributed by atoms with Crippen LogP contribution in [0.25, 0.3) is 5.69 Å². The van der Waals surface area contributed by atoms with E-state index in [2.05, 4.69) is 10.4 Å². The molecule has 0 saturated carbocycles. The smallest absolute Gasteiger partial charge is 0.282 e. The van der Waals surface area contributed by atoms with Gasteiger partial charge < -0.3 is 5.32 Å². The van der Waals surface area contributed by atoms with Crippen LogP contribution >= 0.6 is 0 Å². The van der Waals surface area contributed by atoms with Crippen LogP contribution in [0.5, 0.6) is 0 Å². The Balaban J connectivity index is 1.83. The molecule has 2 heterocycles. The summed E-state index contributed by atoms with van der Waals surface area (Å²) in [5, 5.41) is 6.61. The topological polar surface area (TPSA) is 62.2 Å². The van der Waals surface area contributed by atoms with Gasteiger partial charge in [-0.25, -0.2) is 4.68 Å². The summed E-state index contributed by atoms with van der Waals surface area (Å²) >= 11 is 0. The van der Waals surface area contributed by atoms with E-state index in [1.165, 1.54) is 0 Å². The van der Waals surface area contributed by atoms with Gasteiger partial charge in [0.25, 0.3) is 5.56 Å². The average Bonchev–Trinajstić information content (AvgIpc) is 2.86. The summed E-state index contributed by atoms with van der Waals surface area (Å²) in [7, 11) is 0. The molecule has 0 spiro atoms. The van der Waals surface area contributed by atoms with Crippen molar-refractivity contribution in [2.75, 3.05) is 11.9 Å². The third-order valence-corrected chi connectivity index (χ3v) is 4.61. The van der Waals surface area contributed by atoms with E-state index in [0.717, 1.165) is 49.3 Å². The van der Waals surface area contributed by atoms with Crippen molar-refractivity contribution in [3.63, 3.8) is 0 Å². The molecule has 0 amide bonds. The van der Waals surface area contributed by atoms with Crippen LogP contribution in [0, 0.1) is 0 Å². The van der Waals surface area contributed by atoms with E-state index in [0.29, 0.717) is 11.4 Å². The maximum Gasteiger partial charge on any atom is 0.282 e. The maximum absolute atomic E-state index is 13.2. The van der Waals surface area contributed by atoms with Gasteiger partial charge in [-0.3, -0.25) is 14.9 Å². The maximum atomic E-state index is 13.2. The first-order valence-corrected chi connectivity index (χ1v) is 9.09. The molecule has 5 heteroatoms. The van der Waals surface area contributed by atoms with E-state index >= 15 is 0 Å². The minimum atomic E-state index is -0.0599. The van der Waals surface area contributed by atoms with E-state index in [1.54, 1.807) is 4.68 Å². The van der Waals surface area contributed by atoms with Crippen LogP contribution in [0.15, 0.2) is 70.5 Å². The van der Waals surface area contributed by atoms with E-state index in [9.17, 15) is 4.79 Å². The number of benzene rings is 2. The van der Waals surface area contributed by atoms with Crippen LogP contribution in [0.4, 0.5) is 11.5 Å². The van der Waals surface area contributed by atoms with Gasteiger partial charge in [-0.1, -0.05) is 42.8 Å². The standard InChI is InChI=1S/C21H22N4O/c26-21-19(18-14-8-3-9-15-22-18)20(23-16-10-4-1-5-11-16)24-25(21)17-12-6-2-7-13-17/h1-2,4-7,10-13,23-24H,3,8-9,14-15H2. The largest absolute Gasteiger partial charge is 0.340 e. The molecular formula is C21H22N4O. The number of nitrogens with zero attached hydrogens (tertiary/aromatic N) is 2. The van der Waals surface area contributed by atoms with Crippen LogP contribution in [-0.2, 0) is 0 Å². The van der Waals surface area contributed by atoms with Gasteiger partial charge in [-0.2, -0.15) is 0 Å². The van der Waals surface area contributed by atoms with E-state index in [-0.39, 0.29) is 5.56 Å². The highest BCUT2D eigenvalue weighted by Gasteiger charge is 2.21. The summed E-state index contributed by atoms with van der Waals surface area (Å²) in [5.41, 5.74) is 3.24. The zero-order valence-electron chi connectivity index (χ0n) is 14.6. The zero-order chi connectivity index (χ0) is 17.8. The molecule has 1 aliphatic heterocycles. The number of anilines is 2. The van der Waals surface area contributed by atoms with Crippen LogP contribution in [-0.4, -0.2) is 22.0 Å². The number of hydrogen-bond acceptors (Lipinski definition) is 3. The molecule has 0 saturated heterocycles. The van der Waals surface area contributed by atoms with Gasteiger partial charge in [0.05, 0.1) is 11.4 Å². The molecule has 3 aromatic rings. The van der Waals surface area contributed by atoms with Gasteiger partial charge in [0.2, 0.25) is 0 Å². The number of nitrogens with one attached hydrogen (secondary N) is 2. The number of aromatic amines is 1. The van der Waals surface area contributed by atoms with Crippen molar-refractivity contribution >= 4 is 17.2 Å². The molecule has 2 N–H and O–H groups in total. The van der Waals surface area contributed by atoms with E-state index < -0.39 is 0 Å². The molecule has 1 aliphatic rings. The quantitative estimate of drug-likeness (QED) is 0.741. The second-order valence-corrected chi connectivity index (χ2v) is 6.47. The molecule has 4 rings (SSSR count). The lowest BCUT2D eigenvalue weighted by molar-refractivity contribution is 0.731. The van der Waals surface area contributed by atoms with Gasteiger partial charge in [0, 0.05) is 12.2 Å². The summed E-state index contributed by atoms with van der Waals surface area (Å²) in [4.78, 5) is 17.9. The summed E-state index contributed by atoms with van der Waals surface area (Å²) in [6.45, 7) is 0.788. The Labute approximate surface area is 152 Å². The normalized spacial score (nSPS) is 14.5. The number of aliphatic imine (C=N–C) groups is 1. The third kappa shape index (κ3) is 3.33. The predicted molar refractivity (Wildman–Crippen MR) is 106 cm³/mol. The minimum Gasteiger partial charge on any atom is -0.340 e. The first kappa shape index (κ1) is 16.4. The molecule has 132 valence electrons. The summed E-state index contributed by atoms with van der Waals surface area (Å²) in [6.07, 6.45) is 4.15. The Morgan fingerprint density at radius 2 is 1.65 bits per heavy atom. The molecule has 5 nitrogen and oxygen atoms in total. The predicted octanol–water partition coefficient (Wildman–Crippen LogP) is 4.27. The molecule has 2 aromatic carbocycles.